The quantitative estimate of drug-likeness (QED) is 0.446. The van der Waals surface area contributed by atoms with E-state index in [-0.39, 0.29) is 12.1 Å². The van der Waals surface area contributed by atoms with E-state index in [1.165, 1.54) is 0 Å². The van der Waals surface area contributed by atoms with Crippen molar-refractivity contribution in [3.63, 3.8) is 0 Å². The Hall–Kier alpha value is -1.26. The predicted octanol–water partition coefficient (Wildman–Crippen LogP) is 5.40. The Morgan fingerprint density at radius 1 is 1.00 bits per heavy atom. The molecule has 118 valence electrons. The van der Waals surface area contributed by atoms with Crippen molar-refractivity contribution in [2.75, 3.05) is 5.32 Å². The molecule has 0 heterocycles. The van der Waals surface area contributed by atoms with Crippen LogP contribution < -0.4 is 5.32 Å². The second-order valence-electron chi connectivity index (χ2n) is 5.85. The fourth-order valence-corrected chi connectivity index (χ4v) is 3.12. The second kappa shape index (κ2) is 7.14. The summed E-state index contributed by atoms with van der Waals surface area (Å²) in [7, 11) is 0. The van der Waals surface area contributed by atoms with Crippen molar-refractivity contribution in [1.29, 1.82) is 0 Å². The smallest absolute Gasteiger partial charge is 0.185 e. The van der Waals surface area contributed by atoms with Gasteiger partial charge in [0.25, 0.3) is 0 Å². The molecule has 0 aliphatic heterocycles. The lowest BCUT2D eigenvalue weighted by Gasteiger charge is -2.19. The molecule has 1 aromatic carbocycles. The van der Waals surface area contributed by atoms with E-state index in [4.69, 9.17) is 0 Å². The molecule has 1 N–H and O–H groups in total. The van der Waals surface area contributed by atoms with Crippen LogP contribution in [0.1, 0.15) is 51.9 Å². The molecule has 0 saturated heterocycles. The molecule has 0 amide bonds. The highest BCUT2D eigenvalue weighted by Gasteiger charge is 2.23. The molecule has 2 atom stereocenters. The molecule has 1 aliphatic rings. The first-order valence-corrected chi connectivity index (χ1v) is 7.62. The molecule has 2 rings (SSSR count). The first-order chi connectivity index (χ1) is 10.0. The van der Waals surface area contributed by atoms with Crippen LogP contribution in [-0.4, -0.2) is 6.04 Å². The largest absolute Gasteiger partial charge is 0.377 e. The van der Waals surface area contributed by atoms with Crippen molar-refractivity contribution >= 4 is 5.69 Å². The predicted molar refractivity (Wildman–Crippen MR) is 75.2 cm³/mol. The number of anilines is 1. The van der Waals surface area contributed by atoms with Gasteiger partial charge in [0.2, 0.25) is 0 Å². The Bertz CT molecular complexity index is 463. The summed E-state index contributed by atoms with van der Waals surface area (Å²) in [6.45, 7) is 2.14. The number of benzene rings is 1. The van der Waals surface area contributed by atoms with Crippen LogP contribution in [0, 0.1) is 29.2 Å². The standard InChI is InChI=1S/C16H21F4N/c1-2-4-10-5-3-6-11(8-7-10)21-16-14(19)12(17)9-13(18)15(16)20/h9-11,21H,2-8H2,1H3. The molecule has 21 heavy (non-hydrogen) atoms. The van der Waals surface area contributed by atoms with Crippen molar-refractivity contribution in [2.24, 2.45) is 5.92 Å². The maximum absolute atomic E-state index is 13.7. The van der Waals surface area contributed by atoms with Gasteiger partial charge in [-0.15, -0.1) is 0 Å². The van der Waals surface area contributed by atoms with Gasteiger partial charge in [0.15, 0.2) is 23.3 Å². The Balaban J connectivity index is 2.08. The Kier molecular flexibility index (Phi) is 5.48. The van der Waals surface area contributed by atoms with Crippen LogP contribution in [0.5, 0.6) is 0 Å². The van der Waals surface area contributed by atoms with Crippen LogP contribution in [0.25, 0.3) is 0 Å². The minimum Gasteiger partial charge on any atom is -0.377 e. The molecule has 0 radical (unpaired) electrons. The average Bonchev–Trinajstić information content (AvgIpc) is 2.67. The number of rotatable bonds is 4. The van der Waals surface area contributed by atoms with E-state index in [1.807, 2.05) is 0 Å². The van der Waals surface area contributed by atoms with Gasteiger partial charge in [0.05, 0.1) is 0 Å². The zero-order valence-electron chi connectivity index (χ0n) is 12.2. The Morgan fingerprint density at radius 2 is 1.67 bits per heavy atom. The third-order valence-corrected chi connectivity index (χ3v) is 4.25. The first-order valence-electron chi connectivity index (χ1n) is 7.62. The van der Waals surface area contributed by atoms with Crippen LogP contribution in [-0.2, 0) is 0 Å². The molecule has 1 nitrogen and oxygen atoms in total. The van der Waals surface area contributed by atoms with Crippen molar-refractivity contribution in [1.82, 2.24) is 0 Å². The highest BCUT2D eigenvalue weighted by molar-refractivity contribution is 5.48. The molecular weight excluding hydrogens is 282 g/mol. The van der Waals surface area contributed by atoms with Crippen molar-refractivity contribution in [3.8, 4) is 0 Å². The molecule has 1 aromatic rings. The molecule has 1 saturated carbocycles. The van der Waals surface area contributed by atoms with Gasteiger partial charge >= 0.3 is 0 Å². The summed E-state index contributed by atoms with van der Waals surface area (Å²) in [6, 6.07) is 0.0947. The summed E-state index contributed by atoms with van der Waals surface area (Å²) in [4.78, 5) is 0. The summed E-state index contributed by atoms with van der Waals surface area (Å²) in [6.07, 6.45) is 6.86. The zero-order valence-corrected chi connectivity index (χ0v) is 12.2. The lowest BCUT2D eigenvalue weighted by atomic mass is 9.95. The van der Waals surface area contributed by atoms with Crippen LogP contribution in [0.15, 0.2) is 6.07 Å². The molecule has 5 heteroatoms. The van der Waals surface area contributed by atoms with Crippen molar-refractivity contribution < 1.29 is 17.6 Å². The van der Waals surface area contributed by atoms with Gasteiger partial charge in [0, 0.05) is 12.1 Å². The van der Waals surface area contributed by atoms with E-state index in [9.17, 15) is 17.6 Å². The number of hydrogen-bond acceptors (Lipinski definition) is 1. The lowest BCUT2D eigenvalue weighted by Crippen LogP contribution is -2.21. The van der Waals surface area contributed by atoms with Gasteiger partial charge in [-0.3, -0.25) is 0 Å². The summed E-state index contributed by atoms with van der Waals surface area (Å²) in [5, 5.41) is 2.67. The molecule has 1 fully saturated rings. The van der Waals surface area contributed by atoms with Crippen LogP contribution in [0.3, 0.4) is 0 Å². The summed E-state index contributed by atoms with van der Waals surface area (Å²) in [5.41, 5.74) is -0.675. The van der Waals surface area contributed by atoms with Gasteiger partial charge < -0.3 is 5.32 Å². The van der Waals surface area contributed by atoms with Crippen LogP contribution in [0.2, 0.25) is 0 Å². The monoisotopic (exact) mass is 303 g/mol. The minimum atomic E-state index is -1.37. The van der Waals surface area contributed by atoms with E-state index in [2.05, 4.69) is 12.2 Å². The topological polar surface area (TPSA) is 12.0 Å². The fourth-order valence-electron chi connectivity index (χ4n) is 3.12. The number of hydrogen-bond donors (Lipinski definition) is 1. The Morgan fingerprint density at radius 3 is 2.29 bits per heavy atom. The minimum absolute atomic E-state index is 0.142. The lowest BCUT2D eigenvalue weighted by molar-refractivity contribution is 0.421. The first kappa shape index (κ1) is 16.1. The highest BCUT2D eigenvalue weighted by atomic mass is 19.2. The van der Waals surface area contributed by atoms with Gasteiger partial charge in [-0.2, -0.15) is 0 Å². The molecular formula is C16H21F4N. The van der Waals surface area contributed by atoms with Gasteiger partial charge in [-0.1, -0.05) is 32.6 Å². The van der Waals surface area contributed by atoms with E-state index >= 15 is 0 Å². The summed E-state index contributed by atoms with van der Waals surface area (Å²) >= 11 is 0. The third-order valence-electron chi connectivity index (χ3n) is 4.25. The Labute approximate surface area is 122 Å². The third kappa shape index (κ3) is 3.89. The fraction of sp³-hybridized carbons (Fsp3) is 0.625. The molecule has 0 spiro atoms. The maximum Gasteiger partial charge on any atom is 0.185 e. The summed E-state index contributed by atoms with van der Waals surface area (Å²) in [5.74, 6) is -4.78. The van der Waals surface area contributed by atoms with Gasteiger partial charge in [-0.05, 0) is 25.2 Å². The molecule has 2 unspecified atom stereocenters. The second-order valence-corrected chi connectivity index (χ2v) is 5.85. The number of nitrogens with one attached hydrogen (secondary N) is 1. The zero-order chi connectivity index (χ0) is 15.4. The van der Waals surface area contributed by atoms with E-state index < -0.39 is 29.0 Å². The maximum atomic E-state index is 13.7. The van der Waals surface area contributed by atoms with Gasteiger partial charge in [0.1, 0.15) is 5.69 Å². The summed E-state index contributed by atoms with van der Waals surface area (Å²) < 4.78 is 53.7. The molecule has 1 aliphatic carbocycles. The van der Waals surface area contributed by atoms with Crippen molar-refractivity contribution in [3.05, 3.63) is 29.3 Å². The molecule has 0 bridgehead atoms. The average molecular weight is 303 g/mol. The van der Waals surface area contributed by atoms with Crippen LogP contribution >= 0.6 is 0 Å². The van der Waals surface area contributed by atoms with Gasteiger partial charge in [-0.25, -0.2) is 17.6 Å². The SMILES string of the molecule is CCCC1CCCC(Nc2c(F)c(F)cc(F)c2F)CC1. The van der Waals surface area contributed by atoms with Crippen LogP contribution in [0.4, 0.5) is 23.2 Å². The molecule has 0 aromatic heterocycles. The van der Waals surface area contributed by atoms with E-state index in [0.29, 0.717) is 5.92 Å². The van der Waals surface area contributed by atoms with Crippen molar-refractivity contribution in [2.45, 2.75) is 57.9 Å². The normalized spacial score (nSPS) is 22.9. The van der Waals surface area contributed by atoms with E-state index in [1.54, 1.807) is 0 Å². The van der Waals surface area contributed by atoms with E-state index in [0.717, 1.165) is 44.9 Å². The number of halogens is 4. The highest BCUT2D eigenvalue weighted by Crippen LogP contribution is 2.31.